The van der Waals surface area contributed by atoms with Gasteiger partial charge in [-0.3, -0.25) is 4.57 Å². The number of nitrogens with zero attached hydrogens (tertiary/aromatic N) is 4. The molecule has 0 aliphatic carbocycles. The number of benzene rings is 9. The summed E-state index contributed by atoms with van der Waals surface area (Å²) in [4.78, 5) is 9.82. The third kappa shape index (κ3) is 8.47. The van der Waals surface area contributed by atoms with Crippen LogP contribution in [0.3, 0.4) is 0 Å². The van der Waals surface area contributed by atoms with Gasteiger partial charge in [-0.1, -0.05) is 161 Å². The van der Waals surface area contributed by atoms with E-state index in [0.717, 1.165) is 84.5 Å². The van der Waals surface area contributed by atoms with Crippen LogP contribution in [0.2, 0.25) is 0 Å². The summed E-state index contributed by atoms with van der Waals surface area (Å²) in [5.74, 6) is 1.88. The fraction of sp³-hybridized carbons (Fsp3) is 0.0984. The van der Waals surface area contributed by atoms with Gasteiger partial charge in [-0.25, -0.2) is 4.98 Å². The lowest BCUT2D eigenvalue weighted by atomic mass is 10.0. The quantitative estimate of drug-likeness (QED) is 0.122. The summed E-state index contributed by atoms with van der Waals surface area (Å²) in [5, 5.41) is 0. The fourth-order valence-electron chi connectivity index (χ4n) is 8.77. The Labute approximate surface area is 383 Å². The smallest absolute Gasteiger partial charge is 0.145 e. The van der Waals surface area contributed by atoms with E-state index in [1.807, 2.05) is 0 Å². The lowest BCUT2D eigenvalue weighted by Gasteiger charge is -2.26. The first-order valence-corrected chi connectivity index (χ1v) is 22.7. The minimum absolute atomic E-state index is 0.485. The molecule has 1 heterocycles. The zero-order valence-corrected chi connectivity index (χ0v) is 37.4. The highest BCUT2D eigenvalue weighted by molar-refractivity contribution is 5.85. The highest BCUT2D eigenvalue weighted by atomic mass is 15.1. The molecule has 0 bridgehead atoms. The van der Waals surface area contributed by atoms with Crippen molar-refractivity contribution in [2.24, 2.45) is 0 Å². The molecule has 0 fully saturated rings. The van der Waals surface area contributed by atoms with E-state index in [-0.39, 0.29) is 0 Å². The Bertz CT molecular complexity index is 3130. The third-order valence-corrected chi connectivity index (χ3v) is 12.4. The Morgan fingerprint density at radius 2 is 0.646 bits per heavy atom. The molecule has 316 valence electrons. The molecule has 0 aliphatic heterocycles. The van der Waals surface area contributed by atoms with E-state index in [0.29, 0.717) is 11.8 Å². The first-order valence-electron chi connectivity index (χ1n) is 22.7. The Morgan fingerprint density at radius 1 is 0.323 bits per heavy atom. The summed E-state index contributed by atoms with van der Waals surface area (Å²) < 4.78 is 2.28. The number of anilines is 6. The lowest BCUT2D eigenvalue weighted by Crippen LogP contribution is -2.09. The van der Waals surface area contributed by atoms with Crippen molar-refractivity contribution in [1.29, 1.82) is 0 Å². The third-order valence-electron chi connectivity index (χ3n) is 12.4. The van der Waals surface area contributed by atoms with Crippen molar-refractivity contribution in [2.45, 2.75) is 39.5 Å². The maximum Gasteiger partial charge on any atom is 0.145 e. The van der Waals surface area contributed by atoms with Gasteiger partial charge in [0.1, 0.15) is 5.82 Å². The van der Waals surface area contributed by atoms with Crippen molar-refractivity contribution in [3.8, 4) is 39.3 Å². The summed E-state index contributed by atoms with van der Waals surface area (Å²) in [7, 11) is 0. The van der Waals surface area contributed by atoms with E-state index in [2.05, 4.69) is 273 Å². The Kier molecular flexibility index (Phi) is 11.4. The highest BCUT2D eigenvalue weighted by Crippen LogP contribution is 2.39. The molecule has 0 atom stereocenters. The molecule has 4 nitrogen and oxygen atoms in total. The number of fused-ring (bicyclic) bond motifs is 1. The Balaban J connectivity index is 0.913. The largest absolute Gasteiger partial charge is 0.311 e. The maximum atomic E-state index is 5.19. The summed E-state index contributed by atoms with van der Waals surface area (Å²) >= 11 is 0. The van der Waals surface area contributed by atoms with Crippen LogP contribution in [0.15, 0.2) is 231 Å². The predicted octanol–water partition coefficient (Wildman–Crippen LogP) is 17.2. The molecule has 0 saturated carbocycles. The molecule has 0 N–H and O–H groups in total. The number of imidazole rings is 1. The van der Waals surface area contributed by atoms with Crippen molar-refractivity contribution in [1.82, 2.24) is 9.55 Å². The van der Waals surface area contributed by atoms with Gasteiger partial charge in [0.05, 0.1) is 11.0 Å². The molecule has 0 saturated heterocycles. The second-order valence-electron chi connectivity index (χ2n) is 17.3. The van der Waals surface area contributed by atoms with E-state index in [9.17, 15) is 0 Å². The molecular formula is C61H52N4. The van der Waals surface area contributed by atoms with Crippen LogP contribution < -0.4 is 9.80 Å². The lowest BCUT2D eigenvalue weighted by molar-refractivity contribution is 0.866. The van der Waals surface area contributed by atoms with Crippen molar-refractivity contribution in [2.75, 3.05) is 9.80 Å². The number of rotatable bonds is 12. The average Bonchev–Trinajstić information content (AvgIpc) is 3.75. The van der Waals surface area contributed by atoms with Gasteiger partial charge in [-0.05, 0) is 142 Å². The number of para-hydroxylation sites is 4. The molecule has 10 aromatic rings. The van der Waals surface area contributed by atoms with Gasteiger partial charge >= 0.3 is 0 Å². The van der Waals surface area contributed by atoms with Crippen LogP contribution >= 0.6 is 0 Å². The van der Waals surface area contributed by atoms with Crippen molar-refractivity contribution >= 4 is 45.2 Å². The molecule has 9 aromatic carbocycles. The molecule has 0 aliphatic rings. The molecule has 1 aromatic heterocycles. The van der Waals surface area contributed by atoms with Gasteiger partial charge in [0.2, 0.25) is 0 Å². The minimum atomic E-state index is 0.485. The van der Waals surface area contributed by atoms with Gasteiger partial charge in [0.15, 0.2) is 0 Å². The molecule has 10 rings (SSSR count). The Morgan fingerprint density at radius 3 is 1.06 bits per heavy atom. The molecule has 65 heavy (non-hydrogen) atoms. The van der Waals surface area contributed by atoms with Crippen LogP contribution in [-0.4, -0.2) is 9.55 Å². The topological polar surface area (TPSA) is 24.3 Å². The summed E-state index contributed by atoms with van der Waals surface area (Å²) in [6, 6.07) is 82.8. The van der Waals surface area contributed by atoms with E-state index < -0.39 is 0 Å². The van der Waals surface area contributed by atoms with E-state index >= 15 is 0 Å². The van der Waals surface area contributed by atoms with E-state index in [4.69, 9.17) is 4.98 Å². The summed E-state index contributed by atoms with van der Waals surface area (Å²) in [6.07, 6.45) is 0. The van der Waals surface area contributed by atoms with Crippen molar-refractivity contribution < 1.29 is 0 Å². The van der Waals surface area contributed by atoms with E-state index in [1.54, 1.807) is 0 Å². The monoisotopic (exact) mass is 840 g/mol. The maximum absolute atomic E-state index is 5.19. The van der Waals surface area contributed by atoms with E-state index in [1.165, 1.54) is 11.1 Å². The first-order chi connectivity index (χ1) is 31.9. The molecule has 0 unspecified atom stereocenters. The normalized spacial score (nSPS) is 11.4. The standard InChI is InChI=1S/C61H52N4/c1-43(2)45-23-33-54(34-24-45)63(52-13-7-5-8-14-52)56-37-27-48(28-38-56)47-19-21-51(22-20-47)61-62-59-17-11-12-18-60(59)65(61)58-41-31-50(32-42-58)49-29-39-57(40-30-49)64(53-15-9-6-10-16-53)55-35-25-46(26-36-55)44(3)4/h5-44H,1-4H3. The van der Waals surface area contributed by atoms with Gasteiger partial charge in [-0.15, -0.1) is 0 Å². The van der Waals surface area contributed by atoms with Crippen molar-refractivity contribution in [3.05, 3.63) is 242 Å². The summed E-state index contributed by atoms with van der Waals surface area (Å²) in [6.45, 7) is 8.94. The van der Waals surface area contributed by atoms with Gasteiger partial charge < -0.3 is 9.80 Å². The van der Waals surface area contributed by atoms with Gasteiger partial charge in [0.25, 0.3) is 0 Å². The van der Waals surface area contributed by atoms with Gasteiger partial charge in [-0.2, -0.15) is 0 Å². The zero-order chi connectivity index (χ0) is 44.3. The fourth-order valence-corrected chi connectivity index (χ4v) is 8.77. The molecule has 0 spiro atoms. The van der Waals surface area contributed by atoms with Crippen LogP contribution in [0.5, 0.6) is 0 Å². The second-order valence-corrected chi connectivity index (χ2v) is 17.3. The zero-order valence-electron chi connectivity index (χ0n) is 37.4. The molecule has 0 radical (unpaired) electrons. The van der Waals surface area contributed by atoms with Crippen LogP contribution in [-0.2, 0) is 0 Å². The minimum Gasteiger partial charge on any atom is -0.311 e. The van der Waals surface area contributed by atoms with Crippen LogP contribution in [0, 0.1) is 0 Å². The number of hydrogen-bond acceptors (Lipinski definition) is 3. The van der Waals surface area contributed by atoms with Crippen LogP contribution in [0.25, 0.3) is 50.4 Å². The predicted molar refractivity (Wildman–Crippen MR) is 275 cm³/mol. The molecule has 4 heteroatoms. The van der Waals surface area contributed by atoms with Crippen molar-refractivity contribution in [3.63, 3.8) is 0 Å². The number of hydrogen-bond donors (Lipinski definition) is 0. The average molecular weight is 841 g/mol. The Hall–Kier alpha value is -7.95. The number of aromatic nitrogens is 2. The second kappa shape index (κ2) is 18.0. The van der Waals surface area contributed by atoms with Gasteiger partial charge in [0, 0.05) is 45.4 Å². The SMILES string of the molecule is CC(C)c1ccc(N(c2ccccc2)c2ccc(-c3ccc(-c4nc5ccccc5n4-c4ccc(-c5ccc(N(c6ccccc6)c6ccc(C(C)C)cc6)cc5)cc4)cc3)cc2)cc1. The van der Waals surface area contributed by atoms with Crippen LogP contribution in [0.4, 0.5) is 34.1 Å². The summed E-state index contributed by atoms with van der Waals surface area (Å²) in [5.41, 5.74) is 18.2. The van der Waals surface area contributed by atoms with Crippen LogP contribution in [0.1, 0.15) is 50.7 Å². The molecular weight excluding hydrogens is 789 g/mol. The first kappa shape index (κ1) is 41.1. The highest BCUT2D eigenvalue weighted by Gasteiger charge is 2.17. The molecule has 0 amide bonds.